The van der Waals surface area contributed by atoms with Crippen LogP contribution in [0.4, 0.5) is 32.3 Å². The molecule has 4 heterocycles. The maximum atomic E-state index is 14.5. The fourth-order valence-electron chi connectivity index (χ4n) is 5.58. The summed E-state index contributed by atoms with van der Waals surface area (Å²) in [5.41, 5.74) is 3.15. The van der Waals surface area contributed by atoms with E-state index in [-0.39, 0.29) is 17.1 Å². The van der Waals surface area contributed by atoms with E-state index in [1.54, 1.807) is 0 Å². The SMILES string of the molecule is Nc1nc(O[C@H](c2ccc(Cl)cc2-n2ccc(C(F)(F)F)n2)C(F)(F)F)cc(C2NC(C(=O)O)CC23CCNCC3)n1. The number of carboxylic acids is 1. The van der Waals surface area contributed by atoms with Gasteiger partial charge in [0, 0.05) is 22.8 Å². The molecule has 2 aliphatic rings. The van der Waals surface area contributed by atoms with Crippen molar-refractivity contribution < 1.29 is 41.0 Å². The highest BCUT2D eigenvalue weighted by Crippen LogP contribution is 2.50. The van der Waals surface area contributed by atoms with Crippen molar-refractivity contribution in [3.05, 3.63) is 58.5 Å². The topological polar surface area (TPSA) is 140 Å². The van der Waals surface area contributed by atoms with Gasteiger partial charge in [-0.25, -0.2) is 9.67 Å². The van der Waals surface area contributed by atoms with Crippen molar-refractivity contribution in [3.63, 3.8) is 0 Å². The normalized spacial score (nSPS) is 21.4. The summed E-state index contributed by atoms with van der Waals surface area (Å²) in [6.07, 6.45) is -10.4. The van der Waals surface area contributed by atoms with Gasteiger partial charge in [-0.05, 0) is 56.0 Å². The molecular weight excluding hydrogens is 596 g/mol. The van der Waals surface area contributed by atoms with Gasteiger partial charge >= 0.3 is 18.3 Å². The number of anilines is 1. The van der Waals surface area contributed by atoms with Gasteiger partial charge in [-0.15, -0.1) is 0 Å². The predicted molar refractivity (Wildman–Crippen MR) is 136 cm³/mol. The van der Waals surface area contributed by atoms with E-state index in [2.05, 4.69) is 25.7 Å². The average Bonchev–Trinajstić information content (AvgIpc) is 3.53. The third-order valence-corrected chi connectivity index (χ3v) is 7.70. The molecule has 42 heavy (non-hydrogen) atoms. The first-order chi connectivity index (χ1) is 19.7. The second-order valence-electron chi connectivity index (χ2n) is 10.2. The molecule has 0 amide bonds. The number of nitrogen functional groups attached to an aromatic ring is 1. The molecule has 3 aromatic rings. The van der Waals surface area contributed by atoms with Crippen molar-refractivity contribution in [2.75, 3.05) is 18.8 Å². The number of benzene rings is 1. The third-order valence-electron chi connectivity index (χ3n) is 7.46. The number of halogens is 7. The number of nitrogens with two attached hydrogens (primary N) is 1. The van der Waals surface area contributed by atoms with Crippen LogP contribution in [0.15, 0.2) is 36.5 Å². The number of carbonyl (C=O) groups is 1. The highest BCUT2D eigenvalue weighted by molar-refractivity contribution is 6.30. The van der Waals surface area contributed by atoms with Gasteiger partial charge in [-0.2, -0.15) is 36.4 Å². The zero-order valence-electron chi connectivity index (χ0n) is 21.5. The van der Waals surface area contributed by atoms with Gasteiger partial charge in [0.15, 0.2) is 5.69 Å². The molecule has 0 bridgehead atoms. The van der Waals surface area contributed by atoms with Crippen molar-refractivity contribution in [1.82, 2.24) is 30.4 Å². The summed E-state index contributed by atoms with van der Waals surface area (Å²) >= 11 is 5.99. The van der Waals surface area contributed by atoms with Gasteiger partial charge < -0.3 is 20.9 Å². The Balaban J connectivity index is 1.54. The molecule has 5 rings (SSSR count). The Kier molecular flexibility index (Phi) is 7.74. The van der Waals surface area contributed by atoms with Crippen molar-refractivity contribution >= 4 is 23.5 Å². The second-order valence-corrected chi connectivity index (χ2v) is 10.6. The summed E-state index contributed by atoms with van der Waals surface area (Å²) < 4.78 is 88.9. The predicted octanol–water partition coefficient (Wildman–Crippen LogP) is 4.46. The number of aromatic nitrogens is 4. The van der Waals surface area contributed by atoms with Gasteiger partial charge in [0.25, 0.3) is 0 Å². The van der Waals surface area contributed by atoms with Crippen LogP contribution in [0, 0.1) is 5.41 Å². The van der Waals surface area contributed by atoms with Gasteiger partial charge in [0.2, 0.25) is 17.9 Å². The zero-order chi connectivity index (χ0) is 30.4. The van der Waals surface area contributed by atoms with Crippen LogP contribution in [0.1, 0.15) is 48.4 Å². The number of alkyl halides is 6. The molecular formula is C25H24ClF6N7O3. The number of rotatable bonds is 6. The summed E-state index contributed by atoms with van der Waals surface area (Å²) in [5, 5.41) is 19.2. The Morgan fingerprint density at radius 3 is 2.48 bits per heavy atom. The lowest BCUT2D eigenvalue weighted by Crippen LogP contribution is -2.40. The van der Waals surface area contributed by atoms with E-state index in [0.29, 0.717) is 36.7 Å². The number of ether oxygens (including phenoxy) is 1. The number of carboxylic acid groups (broad SMARTS) is 1. The van der Waals surface area contributed by atoms with Crippen LogP contribution in [0.5, 0.6) is 5.88 Å². The molecule has 2 aromatic heterocycles. The molecule has 1 aromatic carbocycles. The Morgan fingerprint density at radius 1 is 1.14 bits per heavy atom. The van der Waals surface area contributed by atoms with Crippen molar-refractivity contribution in [2.45, 2.75) is 49.8 Å². The Labute approximate surface area is 239 Å². The van der Waals surface area contributed by atoms with E-state index < -0.39 is 70.7 Å². The summed E-state index contributed by atoms with van der Waals surface area (Å²) in [5.74, 6) is -2.05. The molecule has 1 spiro atoms. The summed E-state index contributed by atoms with van der Waals surface area (Å²) in [4.78, 5) is 19.8. The third kappa shape index (κ3) is 5.96. The van der Waals surface area contributed by atoms with Gasteiger partial charge in [0.05, 0.1) is 17.4 Å². The van der Waals surface area contributed by atoms with E-state index >= 15 is 0 Å². The first kappa shape index (κ1) is 29.8. The van der Waals surface area contributed by atoms with Crippen molar-refractivity contribution in [2.24, 2.45) is 5.41 Å². The molecule has 2 fully saturated rings. The van der Waals surface area contributed by atoms with Crippen molar-refractivity contribution in [1.29, 1.82) is 0 Å². The number of hydrogen-bond donors (Lipinski definition) is 4. The molecule has 2 aliphatic heterocycles. The molecule has 0 radical (unpaired) electrons. The molecule has 17 heteroatoms. The van der Waals surface area contributed by atoms with Crippen LogP contribution in [0.3, 0.4) is 0 Å². The molecule has 0 saturated carbocycles. The van der Waals surface area contributed by atoms with Gasteiger partial charge in [-0.3, -0.25) is 10.1 Å². The Bertz CT molecular complexity index is 1480. The summed E-state index contributed by atoms with van der Waals surface area (Å²) in [7, 11) is 0. The number of nitrogens with one attached hydrogen (secondary N) is 2. The van der Waals surface area contributed by atoms with Crippen LogP contribution in [-0.2, 0) is 11.0 Å². The number of piperidine rings is 1. The molecule has 5 N–H and O–H groups in total. The minimum Gasteiger partial charge on any atom is -0.480 e. The summed E-state index contributed by atoms with van der Waals surface area (Å²) in [6, 6.07) is 3.31. The maximum absolute atomic E-state index is 14.5. The van der Waals surface area contributed by atoms with E-state index in [1.807, 2.05) is 0 Å². The monoisotopic (exact) mass is 619 g/mol. The molecule has 2 saturated heterocycles. The molecule has 10 nitrogen and oxygen atoms in total. The van der Waals surface area contributed by atoms with Crippen LogP contribution in [0.2, 0.25) is 5.02 Å². The molecule has 0 aliphatic carbocycles. The standard InChI is InChI=1S/C25H24ClF6N7O3/c26-12-1-2-13(16(9-12)39-8-3-17(38-39)24(27,28)29)20(25(30,31)32)42-18-10-14(36-22(33)37-18)19-23(4-6-34-7-5-23)11-15(35-19)21(40)41/h1-3,8-10,15,19-20,34-35H,4-7,11H2,(H,40,41)(H2,33,36,37)/t15?,19?,20-/m1/s1. The van der Waals surface area contributed by atoms with E-state index in [9.17, 15) is 36.2 Å². The van der Waals surface area contributed by atoms with Crippen LogP contribution in [0.25, 0.3) is 5.69 Å². The van der Waals surface area contributed by atoms with E-state index in [4.69, 9.17) is 22.1 Å². The molecule has 2 unspecified atom stereocenters. The maximum Gasteiger partial charge on any atom is 0.435 e. The summed E-state index contributed by atoms with van der Waals surface area (Å²) in [6.45, 7) is 1.21. The minimum atomic E-state index is -5.08. The minimum absolute atomic E-state index is 0.0557. The first-order valence-corrected chi connectivity index (χ1v) is 13.0. The van der Waals surface area contributed by atoms with E-state index in [1.165, 1.54) is 0 Å². The van der Waals surface area contributed by atoms with Crippen molar-refractivity contribution in [3.8, 4) is 11.6 Å². The first-order valence-electron chi connectivity index (χ1n) is 12.7. The lowest BCUT2D eigenvalue weighted by atomic mass is 9.71. The zero-order valence-corrected chi connectivity index (χ0v) is 22.3. The quantitative estimate of drug-likeness (QED) is 0.295. The Morgan fingerprint density at radius 2 is 1.86 bits per heavy atom. The average molecular weight is 620 g/mol. The van der Waals surface area contributed by atoms with Crippen LogP contribution < -0.4 is 21.1 Å². The number of nitrogens with zero attached hydrogens (tertiary/aromatic N) is 4. The number of aliphatic carboxylic acids is 1. The fourth-order valence-corrected chi connectivity index (χ4v) is 5.75. The van der Waals surface area contributed by atoms with E-state index in [0.717, 1.165) is 30.5 Å². The lowest BCUT2D eigenvalue weighted by molar-refractivity contribution is -0.198. The largest absolute Gasteiger partial charge is 0.480 e. The number of hydrogen-bond acceptors (Lipinski definition) is 8. The second kappa shape index (κ2) is 10.9. The van der Waals surface area contributed by atoms with Crippen LogP contribution in [-0.4, -0.2) is 56.1 Å². The molecule has 226 valence electrons. The molecule has 3 atom stereocenters. The lowest BCUT2D eigenvalue weighted by Gasteiger charge is -2.38. The fraction of sp³-hybridized carbons (Fsp3) is 0.440. The van der Waals surface area contributed by atoms with Gasteiger partial charge in [-0.1, -0.05) is 17.7 Å². The van der Waals surface area contributed by atoms with Gasteiger partial charge in [0.1, 0.15) is 6.04 Å². The highest BCUT2D eigenvalue weighted by atomic mass is 35.5. The smallest absolute Gasteiger partial charge is 0.435 e. The highest BCUT2D eigenvalue weighted by Gasteiger charge is 2.51. The van der Waals surface area contributed by atoms with Crippen LogP contribution >= 0.6 is 11.6 Å². The Hall–Kier alpha value is -3.63.